The Hall–Kier alpha value is -0.120. The first-order valence-corrected chi connectivity index (χ1v) is 3.98. The fraction of sp³-hybridized carbons (Fsp3) is 1.00. The molecular formula is C8H14O3. The van der Waals surface area contributed by atoms with E-state index in [2.05, 4.69) is 0 Å². The molecular weight excluding hydrogens is 144 g/mol. The molecule has 2 fully saturated rings. The zero-order chi connectivity index (χ0) is 8.11. The van der Waals surface area contributed by atoms with Gasteiger partial charge in [0.05, 0.1) is 13.2 Å². The summed E-state index contributed by atoms with van der Waals surface area (Å²) in [6, 6.07) is 0. The Morgan fingerprint density at radius 3 is 2.64 bits per heavy atom. The van der Waals surface area contributed by atoms with Crippen molar-refractivity contribution in [3.8, 4) is 0 Å². The van der Waals surface area contributed by atoms with Crippen molar-refractivity contribution >= 4 is 0 Å². The molecule has 0 bridgehead atoms. The second-order valence-corrected chi connectivity index (χ2v) is 3.94. The van der Waals surface area contributed by atoms with Gasteiger partial charge in [0.2, 0.25) is 0 Å². The Balaban J connectivity index is 2.19. The second kappa shape index (κ2) is 1.97. The molecule has 11 heavy (non-hydrogen) atoms. The summed E-state index contributed by atoms with van der Waals surface area (Å²) in [7, 11) is 0. The smallest absolute Gasteiger partial charge is 0.164 e. The molecule has 0 radical (unpaired) electrons. The van der Waals surface area contributed by atoms with Crippen LogP contribution in [0, 0.1) is 0 Å². The highest BCUT2D eigenvalue weighted by atomic mass is 16.8. The fourth-order valence-corrected chi connectivity index (χ4v) is 1.82. The first-order valence-electron chi connectivity index (χ1n) is 3.98. The van der Waals surface area contributed by atoms with Crippen LogP contribution in [0.25, 0.3) is 0 Å². The van der Waals surface area contributed by atoms with Gasteiger partial charge in [-0.25, -0.2) is 0 Å². The lowest BCUT2D eigenvalue weighted by Gasteiger charge is -2.22. The van der Waals surface area contributed by atoms with Gasteiger partial charge < -0.3 is 14.2 Å². The van der Waals surface area contributed by atoms with E-state index in [1.54, 1.807) is 0 Å². The molecule has 0 aromatic heterocycles. The third-order valence-corrected chi connectivity index (χ3v) is 2.24. The second-order valence-electron chi connectivity index (χ2n) is 3.94. The molecule has 0 amide bonds. The van der Waals surface area contributed by atoms with Crippen molar-refractivity contribution in [2.75, 3.05) is 13.2 Å². The summed E-state index contributed by atoms with van der Waals surface area (Å²) in [5.74, 6) is -0.427. The quantitative estimate of drug-likeness (QED) is 0.525. The Labute approximate surface area is 66.6 Å². The molecule has 3 nitrogen and oxygen atoms in total. The lowest BCUT2D eigenvalue weighted by molar-refractivity contribution is -0.179. The molecule has 1 unspecified atom stereocenters. The first kappa shape index (κ1) is 7.53. The van der Waals surface area contributed by atoms with Crippen LogP contribution >= 0.6 is 0 Å². The minimum Gasteiger partial charge on any atom is -0.376 e. The van der Waals surface area contributed by atoms with Gasteiger partial charge in [0, 0.05) is 0 Å². The molecule has 2 heterocycles. The summed E-state index contributed by atoms with van der Waals surface area (Å²) in [5.41, 5.74) is -0.205. The van der Waals surface area contributed by atoms with Gasteiger partial charge in [0.1, 0.15) is 11.7 Å². The summed E-state index contributed by atoms with van der Waals surface area (Å²) in [6.07, 6.45) is 0.123. The van der Waals surface area contributed by atoms with E-state index < -0.39 is 5.79 Å². The number of hydrogen-bond donors (Lipinski definition) is 0. The minimum absolute atomic E-state index is 0.123. The van der Waals surface area contributed by atoms with E-state index in [1.165, 1.54) is 0 Å². The topological polar surface area (TPSA) is 27.7 Å². The first-order chi connectivity index (χ1) is 5.02. The maximum absolute atomic E-state index is 5.71. The van der Waals surface area contributed by atoms with Gasteiger partial charge in [-0.3, -0.25) is 0 Å². The minimum atomic E-state index is -0.427. The molecule has 64 valence electrons. The fourth-order valence-electron chi connectivity index (χ4n) is 1.82. The zero-order valence-corrected chi connectivity index (χ0v) is 7.22. The van der Waals surface area contributed by atoms with Gasteiger partial charge in [-0.05, 0) is 20.8 Å². The van der Waals surface area contributed by atoms with Gasteiger partial charge in [-0.15, -0.1) is 0 Å². The summed E-state index contributed by atoms with van der Waals surface area (Å²) in [6.45, 7) is 7.24. The molecule has 0 N–H and O–H groups in total. The highest BCUT2D eigenvalue weighted by molar-refractivity contribution is 4.96. The van der Waals surface area contributed by atoms with E-state index in [0.29, 0.717) is 13.2 Å². The number of fused-ring (bicyclic) bond motifs is 1. The van der Waals surface area contributed by atoms with Crippen LogP contribution in [0.1, 0.15) is 20.8 Å². The van der Waals surface area contributed by atoms with Crippen LogP contribution in [0.3, 0.4) is 0 Å². The van der Waals surface area contributed by atoms with Crippen LogP contribution in [-0.2, 0) is 14.2 Å². The van der Waals surface area contributed by atoms with E-state index in [9.17, 15) is 0 Å². The predicted octanol–water partition coefficient (Wildman–Crippen LogP) is 0.927. The van der Waals surface area contributed by atoms with E-state index in [0.717, 1.165) is 0 Å². The molecule has 3 heteroatoms. The van der Waals surface area contributed by atoms with Crippen molar-refractivity contribution in [3.05, 3.63) is 0 Å². The molecule has 0 aromatic rings. The lowest BCUT2D eigenvalue weighted by atomic mass is 10.0. The van der Waals surface area contributed by atoms with Crippen LogP contribution in [0.15, 0.2) is 0 Å². The summed E-state index contributed by atoms with van der Waals surface area (Å²) in [4.78, 5) is 0. The van der Waals surface area contributed by atoms with E-state index in [-0.39, 0.29) is 11.7 Å². The predicted molar refractivity (Wildman–Crippen MR) is 39.3 cm³/mol. The van der Waals surface area contributed by atoms with Crippen molar-refractivity contribution in [1.82, 2.24) is 0 Å². The number of rotatable bonds is 0. The number of ether oxygens (including phenoxy) is 3. The molecule has 0 aliphatic carbocycles. The van der Waals surface area contributed by atoms with Gasteiger partial charge in [0.15, 0.2) is 5.79 Å². The Bertz CT molecular complexity index is 178. The van der Waals surface area contributed by atoms with Gasteiger partial charge in [0.25, 0.3) is 0 Å². The molecule has 0 saturated carbocycles. The van der Waals surface area contributed by atoms with Gasteiger partial charge in [-0.2, -0.15) is 0 Å². The molecule has 0 spiro atoms. The monoisotopic (exact) mass is 158 g/mol. The molecule has 2 aliphatic rings. The van der Waals surface area contributed by atoms with Gasteiger partial charge >= 0.3 is 0 Å². The average Bonchev–Trinajstić information content (AvgIpc) is 2.16. The van der Waals surface area contributed by atoms with Gasteiger partial charge in [-0.1, -0.05) is 0 Å². The van der Waals surface area contributed by atoms with Crippen LogP contribution in [0.4, 0.5) is 0 Å². The van der Waals surface area contributed by atoms with Crippen molar-refractivity contribution in [3.63, 3.8) is 0 Å². The molecule has 2 saturated heterocycles. The largest absolute Gasteiger partial charge is 0.376 e. The summed E-state index contributed by atoms with van der Waals surface area (Å²) in [5, 5.41) is 0. The Morgan fingerprint density at radius 2 is 2.00 bits per heavy atom. The van der Waals surface area contributed by atoms with Crippen molar-refractivity contribution < 1.29 is 14.2 Å². The SMILES string of the molecule is CC1(C)OC2COC[C@]2(C)O1. The normalized spacial score (nSPS) is 47.7. The van der Waals surface area contributed by atoms with Crippen molar-refractivity contribution in [2.45, 2.75) is 38.3 Å². The highest BCUT2D eigenvalue weighted by Gasteiger charge is 2.53. The van der Waals surface area contributed by atoms with Crippen LogP contribution in [0.2, 0.25) is 0 Å². The van der Waals surface area contributed by atoms with Crippen LogP contribution in [-0.4, -0.2) is 30.7 Å². The Kier molecular flexibility index (Phi) is 1.35. The third-order valence-electron chi connectivity index (χ3n) is 2.24. The molecule has 2 atom stereocenters. The van der Waals surface area contributed by atoms with Crippen LogP contribution < -0.4 is 0 Å². The molecule has 0 aromatic carbocycles. The third kappa shape index (κ3) is 1.08. The maximum Gasteiger partial charge on any atom is 0.164 e. The lowest BCUT2D eigenvalue weighted by Crippen LogP contribution is -2.35. The van der Waals surface area contributed by atoms with Crippen LogP contribution in [0.5, 0.6) is 0 Å². The Morgan fingerprint density at radius 1 is 1.27 bits per heavy atom. The maximum atomic E-state index is 5.71. The van der Waals surface area contributed by atoms with E-state index >= 15 is 0 Å². The molecule has 2 rings (SSSR count). The molecule has 2 aliphatic heterocycles. The summed E-state index contributed by atoms with van der Waals surface area (Å²) < 4.78 is 16.6. The van der Waals surface area contributed by atoms with E-state index in [1.807, 2.05) is 20.8 Å². The standard InChI is InChI=1S/C8H14O3/c1-7(2)10-6-4-9-5-8(6,3)11-7/h6H,4-5H2,1-3H3/t6?,8-/m0/s1. The van der Waals surface area contributed by atoms with E-state index in [4.69, 9.17) is 14.2 Å². The highest BCUT2D eigenvalue weighted by Crippen LogP contribution is 2.39. The van der Waals surface area contributed by atoms with Crippen molar-refractivity contribution in [2.24, 2.45) is 0 Å². The summed E-state index contributed by atoms with van der Waals surface area (Å²) >= 11 is 0. The van der Waals surface area contributed by atoms with Crippen molar-refractivity contribution in [1.29, 1.82) is 0 Å². The number of hydrogen-bond acceptors (Lipinski definition) is 3. The zero-order valence-electron chi connectivity index (χ0n) is 7.22. The average molecular weight is 158 g/mol.